The van der Waals surface area contributed by atoms with E-state index in [0.717, 1.165) is 6.42 Å². The molecule has 0 saturated carbocycles. The first-order valence-electron chi connectivity index (χ1n) is 7.34. The Morgan fingerprint density at radius 3 is 1.88 bits per heavy atom. The van der Waals surface area contributed by atoms with Crippen molar-refractivity contribution in [2.45, 2.75) is 91.1 Å². The quantitative estimate of drug-likeness (QED) is 0.382. The summed E-state index contributed by atoms with van der Waals surface area (Å²) < 4.78 is 5.08. The third-order valence-corrected chi connectivity index (χ3v) is 3.08. The van der Waals surface area contributed by atoms with Gasteiger partial charge in [-0.25, -0.2) is 0 Å². The van der Waals surface area contributed by atoms with Crippen LogP contribution in [0.3, 0.4) is 0 Å². The molecule has 102 valence electrons. The minimum atomic E-state index is -0.159. The van der Waals surface area contributed by atoms with Crippen LogP contribution in [0.15, 0.2) is 0 Å². The Hall–Kier alpha value is -0.530. The highest BCUT2D eigenvalue weighted by molar-refractivity contribution is 5.66. The molecule has 0 unspecified atom stereocenters. The van der Waals surface area contributed by atoms with Gasteiger partial charge in [-0.05, 0) is 19.8 Å². The topological polar surface area (TPSA) is 26.3 Å². The number of esters is 1. The van der Waals surface area contributed by atoms with Crippen molar-refractivity contribution >= 4 is 5.97 Å². The Bertz CT molecular complexity index is 178. The van der Waals surface area contributed by atoms with Crippen LogP contribution in [0, 0.1) is 0 Å². The SMILES string of the molecule is CCCCCCCCCCC[C@@H](C)OC(C)=O. The van der Waals surface area contributed by atoms with E-state index in [1.54, 1.807) is 0 Å². The summed E-state index contributed by atoms with van der Waals surface area (Å²) in [7, 11) is 0. The third-order valence-electron chi connectivity index (χ3n) is 3.08. The second-order valence-electron chi connectivity index (χ2n) is 5.04. The summed E-state index contributed by atoms with van der Waals surface area (Å²) in [5, 5.41) is 0. The van der Waals surface area contributed by atoms with Crippen LogP contribution in [-0.2, 0) is 9.53 Å². The van der Waals surface area contributed by atoms with Crippen molar-refractivity contribution in [2.24, 2.45) is 0 Å². The molecule has 0 aliphatic carbocycles. The molecular formula is C15H30O2. The average Bonchev–Trinajstić information content (AvgIpc) is 2.26. The highest BCUT2D eigenvalue weighted by atomic mass is 16.5. The number of hydrogen-bond acceptors (Lipinski definition) is 2. The van der Waals surface area contributed by atoms with Gasteiger partial charge in [0.2, 0.25) is 0 Å². The van der Waals surface area contributed by atoms with E-state index in [-0.39, 0.29) is 12.1 Å². The zero-order chi connectivity index (χ0) is 12.9. The minimum Gasteiger partial charge on any atom is -0.463 e. The first-order chi connectivity index (χ1) is 8.16. The molecule has 0 heterocycles. The molecular weight excluding hydrogens is 212 g/mol. The average molecular weight is 242 g/mol. The van der Waals surface area contributed by atoms with Crippen molar-refractivity contribution in [1.29, 1.82) is 0 Å². The Balaban J connectivity index is 3.10. The lowest BCUT2D eigenvalue weighted by Crippen LogP contribution is -2.11. The fraction of sp³-hybridized carbons (Fsp3) is 0.933. The maximum atomic E-state index is 10.7. The van der Waals surface area contributed by atoms with E-state index in [1.807, 2.05) is 6.92 Å². The lowest BCUT2D eigenvalue weighted by Gasteiger charge is -2.11. The van der Waals surface area contributed by atoms with Crippen LogP contribution in [0.2, 0.25) is 0 Å². The molecule has 0 N–H and O–H groups in total. The van der Waals surface area contributed by atoms with Crippen molar-refractivity contribution < 1.29 is 9.53 Å². The summed E-state index contributed by atoms with van der Waals surface area (Å²) in [6.45, 7) is 5.71. The van der Waals surface area contributed by atoms with Gasteiger partial charge in [0.25, 0.3) is 0 Å². The van der Waals surface area contributed by atoms with E-state index in [2.05, 4.69) is 6.92 Å². The largest absolute Gasteiger partial charge is 0.463 e. The number of ether oxygens (including phenoxy) is 1. The lowest BCUT2D eigenvalue weighted by atomic mass is 10.1. The molecule has 0 spiro atoms. The monoisotopic (exact) mass is 242 g/mol. The number of carbonyl (C=O) groups is 1. The predicted octanol–water partition coefficient (Wildman–Crippen LogP) is 4.86. The fourth-order valence-electron chi connectivity index (χ4n) is 2.08. The lowest BCUT2D eigenvalue weighted by molar-refractivity contribution is -0.145. The first kappa shape index (κ1) is 16.5. The van der Waals surface area contributed by atoms with Crippen molar-refractivity contribution in [1.82, 2.24) is 0 Å². The van der Waals surface area contributed by atoms with Gasteiger partial charge in [0.15, 0.2) is 0 Å². The van der Waals surface area contributed by atoms with Gasteiger partial charge in [0, 0.05) is 6.92 Å². The predicted molar refractivity (Wildman–Crippen MR) is 73.1 cm³/mol. The van der Waals surface area contributed by atoms with Gasteiger partial charge >= 0.3 is 5.97 Å². The van der Waals surface area contributed by atoms with Crippen molar-refractivity contribution in [2.75, 3.05) is 0 Å². The zero-order valence-corrected chi connectivity index (χ0v) is 12.0. The Morgan fingerprint density at radius 1 is 0.941 bits per heavy atom. The van der Waals surface area contributed by atoms with Crippen molar-refractivity contribution in [3.8, 4) is 0 Å². The molecule has 0 aliphatic rings. The molecule has 0 radical (unpaired) electrons. The highest BCUT2D eigenvalue weighted by Gasteiger charge is 2.04. The van der Waals surface area contributed by atoms with Gasteiger partial charge in [0.05, 0.1) is 6.10 Å². The first-order valence-corrected chi connectivity index (χ1v) is 7.34. The molecule has 0 bridgehead atoms. The Labute approximate surface area is 107 Å². The number of unbranched alkanes of at least 4 members (excludes halogenated alkanes) is 8. The molecule has 17 heavy (non-hydrogen) atoms. The van der Waals surface area contributed by atoms with E-state index >= 15 is 0 Å². The van der Waals surface area contributed by atoms with Crippen LogP contribution in [0.25, 0.3) is 0 Å². The van der Waals surface area contributed by atoms with Gasteiger partial charge in [-0.1, -0.05) is 58.3 Å². The number of hydrogen-bond donors (Lipinski definition) is 0. The molecule has 1 atom stereocenters. The molecule has 0 amide bonds. The van der Waals surface area contributed by atoms with Gasteiger partial charge in [0.1, 0.15) is 0 Å². The molecule has 0 rings (SSSR count). The van der Waals surface area contributed by atoms with E-state index in [9.17, 15) is 4.79 Å². The van der Waals surface area contributed by atoms with Crippen LogP contribution in [0.5, 0.6) is 0 Å². The van der Waals surface area contributed by atoms with Gasteiger partial charge in [-0.2, -0.15) is 0 Å². The molecule has 0 aliphatic heterocycles. The van der Waals surface area contributed by atoms with Crippen molar-refractivity contribution in [3.63, 3.8) is 0 Å². The Morgan fingerprint density at radius 2 is 1.41 bits per heavy atom. The van der Waals surface area contributed by atoms with Gasteiger partial charge in [-0.15, -0.1) is 0 Å². The van der Waals surface area contributed by atoms with Crippen LogP contribution in [-0.4, -0.2) is 12.1 Å². The van der Waals surface area contributed by atoms with Crippen LogP contribution in [0.1, 0.15) is 85.0 Å². The van der Waals surface area contributed by atoms with E-state index in [4.69, 9.17) is 4.74 Å². The van der Waals surface area contributed by atoms with Crippen LogP contribution >= 0.6 is 0 Å². The summed E-state index contributed by atoms with van der Waals surface area (Å²) in [5.74, 6) is -0.159. The standard InChI is InChI=1S/C15H30O2/c1-4-5-6-7-8-9-10-11-12-13-14(2)17-15(3)16/h14H,4-13H2,1-3H3/t14-/m1/s1. The summed E-state index contributed by atoms with van der Waals surface area (Å²) in [5.41, 5.74) is 0. The third kappa shape index (κ3) is 13.4. The molecule has 0 aromatic rings. The molecule has 2 nitrogen and oxygen atoms in total. The second kappa shape index (κ2) is 11.9. The second-order valence-corrected chi connectivity index (χ2v) is 5.04. The fourth-order valence-corrected chi connectivity index (χ4v) is 2.08. The van der Waals surface area contributed by atoms with Gasteiger partial charge < -0.3 is 4.74 Å². The summed E-state index contributed by atoms with van der Waals surface area (Å²) in [6, 6.07) is 0. The van der Waals surface area contributed by atoms with E-state index in [1.165, 1.54) is 64.7 Å². The molecule has 2 heteroatoms. The molecule has 0 aromatic carbocycles. The zero-order valence-electron chi connectivity index (χ0n) is 12.0. The molecule has 0 saturated heterocycles. The minimum absolute atomic E-state index is 0.0945. The molecule has 0 aromatic heterocycles. The summed E-state index contributed by atoms with van der Waals surface area (Å²) >= 11 is 0. The summed E-state index contributed by atoms with van der Waals surface area (Å²) in [6.07, 6.45) is 13.2. The maximum Gasteiger partial charge on any atom is 0.302 e. The normalized spacial score (nSPS) is 12.4. The van der Waals surface area contributed by atoms with Crippen LogP contribution in [0.4, 0.5) is 0 Å². The van der Waals surface area contributed by atoms with Crippen LogP contribution < -0.4 is 0 Å². The van der Waals surface area contributed by atoms with Gasteiger partial charge in [-0.3, -0.25) is 4.79 Å². The van der Waals surface area contributed by atoms with E-state index < -0.39 is 0 Å². The highest BCUT2D eigenvalue weighted by Crippen LogP contribution is 2.12. The number of carbonyl (C=O) groups excluding carboxylic acids is 1. The molecule has 0 fully saturated rings. The Kier molecular flexibility index (Phi) is 11.6. The maximum absolute atomic E-state index is 10.7. The smallest absolute Gasteiger partial charge is 0.302 e. The van der Waals surface area contributed by atoms with Crippen molar-refractivity contribution in [3.05, 3.63) is 0 Å². The van der Waals surface area contributed by atoms with E-state index in [0.29, 0.717) is 0 Å². The number of rotatable bonds is 11. The summed E-state index contributed by atoms with van der Waals surface area (Å²) in [4.78, 5) is 10.7.